The van der Waals surface area contributed by atoms with Crippen molar-refractivity contribution in [2.24, 2.45) is 5.10 Å². The van der Waals surface area contributed by atoms with Crippen molar-refractivity contribution in [2.75, 3.05) is 6.61 Å². The molecule has 0 unspecified atom stereocenters. The number of carbonyl (C=O) groups is 1. The number of furan rings is 1. The number of hydrazone groups is 1. The Morgan fingerprint density at radius 1 is 1.14 bits per heavy atom. The van der Waals surface area contributed by atoms with Crippen LogP contribution in [0.25, 0.3) is 0 Å². The predicted octanol–water partition coefficient (Wildman–Crippen LogP) is 3.73. The second kappa shape index (κ2) is 9.27. The number of amides is 1. The number of nitrogens with zero attached hydrogens (tertiary/aromatic N) is 1. The first-order valence-electron chi connectivity index (χ1n) is 8.71. The van der Waals surface area contributed by atoms with Crippen molar-refractivity contribution in [3.05, 3.63) is 77.7 Å². The minimum Gasteiger partial charge on any atom is -0.504 e. The molecule has 0 atom stereocenters. The molecule has 0 bridgehead atoms. The van der Waals surface area contributed by atoms with Gasteiger partial charge in [-0.15, -0.1) is 0 Å². The van der Waals surface area contributed by atoms with Crippen molar-refractivity contribution in [3.8, 4) is 17.2 Å². The molecular weight excluding hydrogens is 360 g/mol. The Balaban J connectivity index is 1.54. The largest absolute Gasteiger partial charge is 0.504 e. The predicted molar refractivity (Wildman–Crippen MR) is 104 cm³/mol. The van der Waals surface area contributed by atoms with Crippen LogP contribution in [0.15, 0.2) is 70.2 Å². The summed E-state index contributed by atoms with van der Waals surface area (Å²) in [5.41, 5.74) is 3.06. The third kappa shape index (κ3) is 5.14. The van der Waals surface area contributed by atoms with Crippen LogP contribution in [0.1, 0.15) is 28.8 Å². The molecule has 7 nitrogen and oxygen atoms in total. The lowest BCUT2D eigenvalue weighted by Crippen LogP contribution is -2.16. The number of benzene rings is 2. The van der Waals surface area contributed by atoms with Crippen molar-refractivity contribution in [2.45, 2.75) is 13.5 Å². The van der Waals surface area contributed by atoms with Gasteiger partial charge in [0.25, 0.3) is 0 Å². The van der Waals surface area contributed by atoms with Crippen LogP contribution >= 0.6 is 0 Å². The van der Waals surface area contributed by atoms with Gasteiger partial charge in [0.1, 0.15) is 18.1 Å². The molecule has 0 saturated heterocycles. The van der Waals surface area contributed by atoms with Gasteiger partial charge in [-0.2, -0.15) is 5.10 Å². The Morgan fingerprint density at radius 2 is 1.96 bits per heavy atom. The van der Waals surface area contributed by atoms with E-state index in [9.17, 15) is 9.90 Å². The first kappa shape index (κ1) is 19.0. The van der Waals surface area contributed by atoms with E-state index < -0.39 is 5.91 Å². The number of rotatable bonds is 8. The fourth-order valence-electron chi connectivity index (χ4n) is 2.35. The topological polar surface area (TPSA) is 93.3 Å². The Morgan fingerprint density at radius 3 is 2.75 bits per heavy atom. The smallest absolute Gasteiger partial charge is 0.307 e. The molecule has 0 aliphatic rings. The molecule has 2 N–H and O–H groups in total. The monoisotopic (exact) mass is 380 g/mol. The highest BCUT2D eigenvalue weighted by molar-refractivity contribution is 5.92. The first-order valence-corrected chi connectivity index (χ1v) is 8.71. The van der Waals surface area contributed by atoms with E-state index in [-0.39, 0.29) is 18.1 Å². The van der Waals surface area contributed by atoms with Crippen molar-refractivity contribution >= 4 is 12.1 Å². The fraction of sp³-hybridized carbons (Fsp3) is 0.143. The standard InChI is InChI=1S/C21H20N2O5/c1-2-26-20-12-15(8-10-18(20)24)13-22-23-21(25)19-11-9-17(28-19)14-27-16-6-4-3-5-7-16/h3-13,24H,2,14H2,1H3,(H,23,25)/b22-13+. The first-order chi connectivity index (χ1) is 13.7. The van der Waals surface area contributed by atoms with Crippen LogP contribution in [-0.2, 0) is 6.61 Å². The summed E-state index contributed by atoms with van der Waals surface area (Å²) in [6, 6.07) is 17.3. The van der Waals surface area contributed by atoms with Gasteiger partial charge in [-0.25, -0.2) is 5.43 Å². The van der Waals surface area contributed by atoms with Gasteiger partial charge < -0.3 is 19.0 Å². The molecular formula is C21H20N2O5. The zero-order valence-electron chi connectivity index (χ0n) is 15.3. The molecule has 0 fully saturated rings. The maximum Gasteiger partial charge on any atom is 0.307 e. The highest BCUT2D eigenvalue weighted by Crippen LogP contribution is 2.26. The normalized spacial score (nSPS) is 10.8. The summed E-state index contributed by atoms with van der Waals surface area (Å²) < 4.78 is 16.4. The summed E-state index contributed by atoms with van der Waals surface area (Å²) >= 11 is 0. The molecule has 28 heavy (non-hydrogen) atoms. The lowest BCUT2D eigenvalue weighted by atomic mass is 10.2. The molecule has 0 radical (unpaired) electrons. The molecule has 1 amide bonds. The average molecular weight is 380 g/mol. The van der Waals surface area contributed by atoms with E-state index >= 15 is 0 Å². The van der Waals surface area contributed by atoms with Crippen LogP contribution in [0, 0.1) is 0 Å². The van der Waals surface area contributed by atoms with Gasteiger partial charge >= 0.3 is 5.91 Å². The molecule has 0 spiro atoms. The van der Waals surface area contributed by atoms with E-state index in [1.807, 2.05) is 37.3 Å². The van der Waals surface area contributed by atoms with Crippen molar-refractivity contribution in [3.63, 3.8) is 0 Å². The summed E-state index contributed by atoms with van der Waals surface area (Å²) in [5, 5.41) is 13.6. The Bertz CT molecular complexity index is 950. The highest BCUT2D eigenvalue weighted by Gasteiger charge is 2.11. The van der Waals surface area contributed by atoms with E-state index in [1.165, 1.54) is 12.3 Å². The molecule has 3 rings (SSSR count). The second-order valence-corrected chi connectivity index (χ2v) is 5.73. The van der Waals surface area contributed by atoms with Gasteiger partial charge in [0.15, 0.2) is 17.3 Å². The molecule has 3 aromatic rings. The van der Waals surface area contributed by atoms with Gasteiger partial charge in [0.05, 0.1) is 12.8 Å². The number of hydrogen-bond acceptors (Lipinski definition) is 6. The molecule has 0 aliphatic heterocycles. The summed E-state index contributed by atoms with van der Waals surface area (Å²) in [6.45, 7) is 2.47. The lowest BCUT2D eigenvalue weighted by Gasteiger charge is -2.05. The van der Waals surface area contributed by atoms with Gasteiger partial charge in [-0.3, -0.25) is 4.79 Å². The van der Waals surface area contributed by atoms with E-state index in [0.29, 0.717) is 23.7 Å². The molecule has 1 aromatic heterocycles. The quantitative estimate of drug-likeness (QED) is 0.459. The summed E-state index contributed by atoms with van der Waals surface area (Å²) in [5.74, 6) is 1.29. The summed E-state index contributed by atoms with van der Waals surface area (Å²) in [4.78, 5) is 12.1. The number of para-hydroxylation sites is 1. The number of ether oxygens (including phenoxy) is 2. The van der Waals surface area contributed by atoms with Crippen LogP contribution in [0.3, 0.4) is 0 Å². The third-order valence-electron chi connectivity index (χ3n) is 3.67. The minimum atomic E-state index is -0.481. The summed E-state index contributed by atoms with van der Waals surface area (Å²) in [6.07, 6.45) is 1.45. The zero-order valence-corrected chi connectivity index (χ0v) is 15.3. The zero-order chi connectivity index (χ0) is 19.8. The molecule has 0 aliphatic carbocycles. The number of aromatic hydroxyl groups is 1. The van der Waals surface area contributed by atoms with Crippen LogP contribution in [-0.4, -0.2) is 23.8 Å². The van der Waals surface area contributed by atoms with Crippen LogP contribution < -0.4 is 14.9 Å². The minimum absolute atomic E-state index is 0.0453. The second-order valence-electron chi connectivity index (χ2n) is 5.73. The SMILES string of the molecule is CCOc1cc(/C=N/NC(=O)c2ccc(COc3ccccc3)o2)ccc1O. The molecule has 1 heterocycles. The highest BCUT2D eigenvalue weighted by atomic mass is 16.5. The van der Waals surface area contributed by atoms with E-state index in [4.69, 9.17) is 13.9 Å². The molecule has 2 aromatic carbocycles. The number of phenols is 1. The van der Waals surface area contributed by atoms with E-state index in [1.54, 1.807) is 24.3 Å². The number of nitrogens with one attached hydrogen (secondary N) is 1. The number of phenolic OH excluding ortho intramolecular Hbond substituents is 1. The summed E-state index contributed by atoms with van der Waals surface area (Å²) in [7, 11) is 0. The Hall–Kier alpha value is -3.74. The lowest BCUT2D eigenvalue weighted by molar-refractivity contribution is 0.0923. The van der Waals surface area contributed by atoms with Crippen LogP contribution in [0.4, 0.5) is 0 Å². The van der Waals surface area contributed by atoms with E-state index in [2.05, 4.69) is 10.5 Å². The van der Waals surface area contributed by atoms with Gasteiger partial charge in [-0.05, 0) is 55.0 Å². The Labute approximate surface area is 162 Å². The van der Waals surface area contributed by atoms with Crippen molar-refractivity contribution in [1.29, 1.82) is 0 Å². The van der Waals surface area contributed by atoms with Crippen LogP contribution in [0.5, 0.6) is 17.2 Å². The van der Waals surface area contributed by atoms with Gasteiger partial charge in [0.2, 0.25) is 0 Å². The van der Waals surface area contributed by atoms with Crippen molar-refractivity contribution < 1.29 is 23.8 Å². The van der Waals surface area contributed by atoms with Crippen molar-refractivity contribution in [1.82, 2.24) is 5.43 Å². The molecule has 7 heteroatoms. The number of carbonyl (C=O) groups excluding carboxylic acids is 1. The van der Waals surface area contributed by atoms with Gasteiger partial charge in [0, 0.05) is 0 Å². The molecule has 144 valence electrons. The molecule has 0 saturated carbocycles. The fourth-order valence-corrected chi connectivity index (χ4v) is 2.35. The van der Waals surface area contributed by atoms with Crippen LogP contribution in [0.2, 0.25) is 0 Å². The maximum atomic E-state index is 12.1. The number of hydrogen-bond donors (Lipinski definition) is 2. The average Bonchev–Trinajstić information content (AvgIpc) is 3.19. The maximum absolute atomic E-state index is 12.1. The third-order valence-corrected chi connectivity index (χ3v) is 3.67. The Kier molecular flexibility index (Phi) is 6.30. The van der Waals surface area contributed by atoms with E-state index in [0.717, 1.165) is 5.75 Å². The van der Waals surface area contributed by atoms with Gasteiger partial charge in [-0.1, -0.05) is 18.2 Å².